The predicted molar refractivity (Wildman–Crippen MR) is 87.2 cm³/mol. The molecule has 0 radical (unpaired) electrons. The van der Waals surface area contributed by atoms with E-state index >= 15 is 0 Å². The Morgan fingerprint density at radius 3 is 2.61 bits per heavy atom. The number of morpholine rings is 1. The maximum absolute atomic E-state index is 13.3. The monoisotopic (exact) mass is 322 g/mol. The van der Waals surface area contributed by atoms with Gasteiger partial charge in [0.2, 0.25) is 5.91 Å². The van der Waals surface area contributed by atoms with Crippen molar-refractivity contribution in [2.24, 2.45) is 11.3 Å². The second-order valence-electron chi connectivity index (χ2n) is 7.84. The molecule has 0 spiro atoms. The fourth-order valence-electron chi connectivity index (χ4n) is 5.13. The van der Waals surface area contributed by atoms with Crippen LogP contribution >= 0.6 is 0 Å². The second-order valence-corrected chi connectivity index (χ2v) is 7.84. The summed E-state index contributed by atoms with van der Waals surface area (Å²) in [6.07, 6.45) is 7.58. The summed E-state index contributed by atoms with van der Waals surface area (Å²) < 4.78 is 11.4. The first kappa shape index (κ1) is 15.9. The van der Waals surface area contributed by atoms with Gasteiger partial charge in [-0.05, 0) is 31.6 Å². The van der Waals surface area contributed by atoms with Crippen LogP contribution in [0, 0.1) is 11.3 Å². The molecule has 0 bridgehead atoms. The number of hydrogen-bond acceptors (Lipinski definition) is 4. The zero-order valence-electron chi connectivity index (χ0n) is 14.2. The number of carbonyl (C=O) groups is 1. The fraction of sp³-hybridized carbons (Fsp3) is 0.944. The first-order valence-corrected chi connectivity index (χ1v) is 9.49. The summed E-state index contributed by atoms with van der Waals surface area (Å²) in [6.45, 7) is 6.79. The van der Waals surface area contributed by atoms with E-state index in [2.05, 4.69) is 4.90 Å². The van der Waals surface area contributed by atoms with Crippen LogP contribution in [0.1, 0.15) is 38.5 Å². The lowest BCUT2D eigenvalue weighted by Crippen LogP contribution is -2.59. The van der Waals surface area contributed by atoms with E-state index in [0.717, 1.165) is 51.5 Å². The van der Waals surface area contributed by atoms with E-state index < -0.39 is 0 Å². The molecule has 4 fully saturated rings. The van der Waals surface area contributed by atoms with E-state index in [9.17, 15) is 4.79 Å². The minimum Gasteiger partial charge on any atom is -0.378 e. The number of carbonyl (C=O) groups excluding carboxylic acids is 1. The summed E-state index contributed by atoms with van der Waals surface area (Å²) >= 11 is 0. The van der Waals surface area contributed by atoms with Gasteiger partial charge in [0, 0.05) is 39.3 Å². The minimum atomic E-state index is -0.284. The van der Waals surface area contributed by atoms with Crippen molar-refractivity contribution in [3.63, 3.8) is 0 Å². The first-order valence-electron chi connectivity index (χ1n) is 9.49. The first-order chi connectivity index (χ1) is 11.3. The van der Waals surface area contributed by atoms with Crippen molar-refractivity contribution in [3.8, 4) is 0 Å². The number of piperidine rings is 1. The number of rotatable bonds is 3. The van der Waals surface area contributed by atoms with E-state index in [0.29, 0.717) is 19.1 Å². The second kappa shape index (κ2) is 6.69. The average molecular weight is 322 g/mol. The van der Waals surface area contributed by atoms with Crippen LogP contribution in [0.25, 0.3) is 0 Å². The Morgan fingerprint density at radius 1 is 1.04 bits per heavy atom. The van der Waals surface area contributed by atoms with E-state index in [-0.39, 0.29) is 11.5 Å². The van der Waals surface area contributed by atoms with Gasteiger partial charge in [0.05, 0.1) is 24.7 Å². The molecule has 4 aliphatic rings. The van der Waals surface area contributed by atoms with Crippen molar-refractivity contribution >= 4 is 5.91 Å². The maximum Gasteiger partial charge on any atom is 0.232 e. The molecule has 1 aliphatic carbocycles. The maximum atomic E-state index is 13.3. The van der Waals surface area contributed by atoms with Crippen molar-refractivity contribution in [3.05, 3.63) is 0 Å². The lowest BCUT2D eigenvalue weighted by molar-refractivity contribution is -0.154. The molecule has 0 unspecified atom stereocenters. The number of likely N-dealkylation sites (tertiary alicyclic amines) is 1. The zero-order valence-corrected chi connectivity index (χ0v) is 14.2. The molecule has 0 aromatic carbocycles. The summed E-state index contributed by atoms with van der Waals surface area (Å²) in [4.78, 5) is 17.9. The van der Waals surface area contributed by atoms with Gasteiger partial charge in [0.25, 0.3) is 0 Å². The molecule has 130 valence electrons. The van der Waals surface area contributed by atoms with Crippen LogP contribution in [-0.2, 0) is 14.3 Å². The van der Waals surface area contributed by atoms with Gasteiger partial charge >= 0.3 is 0 Å². The SMILES string of the molecule is O=C(N1CCOCC1)[C@@]12CCO[C@@H]1CCN(CC1CCCC1)C2. The van der Waals surface area contributed by atoms with Crippen LogP contribution in [0.4, 0.5) is 0 Å². The Balaban J connectivity index is 1.47. The lowest BCUT2D eigenvalue weighted by Gasteiger charge is -2.45. The zero-order chi connectivity index (χ0) is 15.7. The van der Waals surface area contributed by atoms with Crippen molar-refractivity contribution in [2.45, 2.75) is 44.6 Å². The summed E-state index contributed by atoms with van der Waals surface area (Å²) in [5.41, 5.74) is -0.284. The van der Waals surface area contributed by atoms with Gasteiger partial charge in [0.1, 0.15) is 0 Å². The third-order valence-corrected chi connectivity index (χ3v) is 6.41. The molecule has 1 saturated carbocycles. The molecule has 3 aliphatic heterocycles. The largest absolute Gasteiger partial charge is 0.378 e. The summed E-state index contributed by atoms with van der Waals surface area (Å²) in [5.74, 6) is 1.18. The Morgan fingerprint density at radius 2 is 1.83 bits per heavy atom. The summed E-state index contributed by atoms with van der Waals surface area (Å²) in [5, 5.41) is 0. The van der Waals surface area contributed by atoms with Crippen molar-refractivity contribution in [2.75, 3.05) is 52.5 Å². The molecule has 3 heterocycles. The third kappa shape index (κ3) is 3.03. The Hall–Kier alpha value is -0.650. The molecule has 4 rings (SSSR count). The van der Waals surface area contributed by atoms with E-state index in [4.69, 9.17) is 9.47 Å². The summed E-state index contributed by atoms with van der Waals surface area (Å²) in [7, 11) is 0. The van der Waals surface area contributed by atoms with E-state index in [1.54, 1.807) is 0 Å². The molecule has 0 aromatic rings. The average Bonchev–Trinajstić information content (AvgIpc) is 3.24. The Labute approximate surface area is 139 Å². The van der Waals surface area contributed by atoms with Crippen LogP contribution in [0.3, 0.4) is 0 Å². The molecule has 0 N–H and O–H groups in total. The molecule has 23 heavy (non-hydrogen) atoms. The number of fused-ring (bicyclic) bond motifs is 1. The molecular weight excluding hydrogens is 292 g/mol. The van der Waals surface area contributed by atoms with Gasteiger partial charge in [-0.25, -0.2) is 0 Å². The van der Waals surface area contributed by atoms with Crippen LogP contribution < -0.4 is 0 Å². The van der Waals surface area contributed by atoms with Gasteiger partial charge in [-0.15, -0.1) is 0 Å². The molecule has 1 amide bonds. The van der Waals surface area contributed by atoms with Crippen molar-refractivity contribution < 1.29 is 14.3 Å². The number of ether oxygens (including phenoxy) is 2. The molecule has 5 nitrogen and oxygen atoms in total. The number of amides is 1. The molecule has 0 aromatic heterocycles. The number of nitrogens with zero attached hydrogens (tertiary/aromatic N) is 2. The van der Waals surface area contributed by atoms with Crippen molar-refractivity contribution in [1.29, 1.82) is 0 Å². The quantitative estimate of drug-likeness (QED) is 0.790. The fourth-order valence-corrected chi connectivity index (χ4v) is 5.13. The van der Waals surface area contributed by atoms with E-state index in [1.807, 2.05) is 4.90 Å². The van der Waals surface area contributed by atoms with Crippen LogP contribution in [0.5, 0.6) is 0 Å². The van der Waals surface area contributed by atoms with Gasteiger partial charge in [-0.2, -0.15) is 0 Å². The third-order valence-electron chi connectivity index (χ3n) is 6.41. The van der Waals surface area contributed by atoms with Gasteiger partial charge in [-0.3, -0.25) is 4.79 Å². The highest BCUT2D eigenvalue weighted by Crippen LogP contribution is 2.43. The van der Waals surface area contributed by atoms with Crippen LogP contribution in [-0.4, -0.2) is 74.4 Å². The standard InChI is InChI=1S/C18H30N2O3/c21-17(20-8-11-22-12-9-20)18-6-10-23-16(18)5-7-19(14-18)13-15-3-1-2-4-15/h15-16H,1-14H2/t16-,18-/m1/s1. The highest BCUT2D eigenvalue weighted by molar-refractivity contribution is 5.84. The van der Waals surface area contributed by atoms with Crippen LogP contribution in [0.2, 0.25) is 0 Å². The minimum absolute atomic E-state index is 0.137. The van der Waals surface area contributed by atoms with Crippen molar-refractivity contribution in [1.82, 2.24) is 9.80 Å². The molecule has 2 atom stereocenters. The highest BCUT2D eigenvalue weighted by atomic mass is 16.5. The van der Waals surface area contributed by atoms with Crippen LogP contribution in [0.15, 0.2) is 0 Å². The normalized spacial score (nSPS) is 36.3. The Kier molecular flexibility index (Phi) is 4.61. The topological polar surface area (TPSA) is 42.0 Å². The Bertz CT molecular complexity index is 432. The lowest BCUT2D eigenvalue weighted by atomic mass is 9.75. The highest BCUT2D eigenvalue weighted by Gasteiger charge is 2.54. The summed E-state index contributed by atoms with van der Waals surface area (Å²) in [6, 6.07) is 0. The van der Waals surface area contributed by atoms with Gasteiger partial charge < -0.3 is 19.3 Å². The number of hydrogen-bond donors (Lipinski definition) is 0. The predicted octanol–water partition coefficient (Wildman–Crippen LogP) is 1.52. The van der Waals surface area contributed by atoms with Gasteiger partial charge in [0.15, 0.2) is 0 Å². The molecule has 3 saturated heterocycles. The molecule has 5 heteroatoms. The smallest absolute Gasteiger partial charge is 0.232 e. The van der Waals surface area contributed by atoms with Gasteiger partial charge in [-0.1, -0.05) is 12.8 Å². The molecular formula is C18H30N2O3. The van der Waals surface area contributed by atoms with E-state index in [1.165, 1.54) is 32.2 Å².